The standard InChI is InChI=1S/C18H25N5O/c1-3-22(15-9-5-4-6-10-15)17(24)13-19-14(2)18-21-20-16-11-7-8-12-23(16)18/h4-6,9-10,14,19H,3,7-8,11-13H2,1-2H3. The summed E-state index contributed by atoms with van der Waals surface area (Å²) in [5.41, 5.74) is 0.930. The van der Waals surface area contributed by atoms with Gasteiger partial charge in [-0.25, -0.2) is 0 Å². The molecule has 6 heteroatoms. The van der Waals surface area contributed by atoms with E-state index in [0.717, 1.165) is 30.3 Å². The molecule has 1 aliphatic rings. The minimum atomic E-state index is 0.00257. The highest BCUT2D eigenvalue weighted by atomic mass is 16.2. The van der Waals surface area contributed by atoms with E-state index in [9.17, 15) is 4.79 Å². The Bertz CT molecular complexity index is 682. The molecule has 128 valence electrons. The van der Waals surface area contributed by atoms with E-state index in [-0.39, 0.29) is 18.5 Å². The minimum Gasteiger partial charge on any atom is -0.314 e. The third-order valence-electron chi connectivity index (χ3n) is 4.52. The van der Waals surface area contributed by atoms with Gasteiger partial charge in [0, 0.05) is 25.2 Å². The Kier molecular flexibility index (Phi) is 5.25. The van der Waals surface area contributed by atoms with Crippen LogP contribution in [0.15, 0.2) is 30.3 Å². The highest BCUT2D eigenvalue weighted by Crippen LogP contribution is 2.19. The second-order valence-electron chi connectivity index (χ2n) is 6.16. The van der Waals surface area contributed by atoms with Crippen LogP contribution in [0, 0.1) is 0 Å². The molecule has 0 spiro atoms. The molecule has 0 aliphatic carbocycles. The fraction of sp³-hybridized carbons (Fsp3) is 0.500. The van der Waals surface area contributed by atoms with Gasteiger partial charge in [-0.2, -0.15) is 0 Å². The number of hydrogen-bond donors (Lipinski definition) is 1. The van der Waals surface area contributed by atoms with Gasteiger partial charge in [0.05, 0.1) is 12.6 Å². The normalized spacial score (nSPS) is 14.9. The van der Waals surface area contributed by atoms with Crippen LogP contribution in [0.4, 0.5) is 5.69 Å². The Hall–Kier alpha value is -2.21. The highest BCUT2D eigenvalue weighted by Gasteiger charge is 2.21. The summed E-state index contributed by atoms with van der Waals surface area (Å²) >= 11 is 0. The van der Waals surface area contributed by atoms with Crippen LogP contribution in [0.25, 0.3) is 0 Å². The van der Waals surface area contributed by atoms with Crippen molar-refractivity contribution in [3.63, 3.8) is 0 Å². The Morgan fingerprint density at radius 2 is 2.08 bits per heavy atom. The van der Waals surface area contributed by atoms with E-state index in [4.69, 9.17) is 0 Å². The molecule has 1 N–H and O–H groups in total. The van der Waals surface area contributed by atoms with Crippen LogP contribution in [-0.4, -0.2) is 33.8 Å². The molecule has 3 rings (SSSR count). The van der Waals surface area contributed by atoms with Crippen molar-refractivity contribution < 1.29 is 4.79 Å². The molecule has 0 fully saturated rings. The molecule has 0 saturated carbocycles. The molecule has 1 amide bonds. The second kappa shape index (κ2) is 7.57. The summed E-state index contributed by atoms with van der Waals surface area (Å²) in [5.74, 6) is 2.06. The number of para-hydroxylation sites is 1. The molecule has 0 bridgehead atoms. The van der Waals surface area contributed by atoms with Crippen LogP contribution in [0.3, 0.4) is 0 Å². The lowest BCUT2D eigenvalue weighted by Crippen LogP contribution is -2.39. The maximum atomic E-state index is 12.6. The smallest absolute Gasteiger partial charge is 0.240 e. The van der Waals surface area contributed by atoms with Crippen molar-refractivity contribution in [2.45, 2.75) is 45.7 Å². The number of likely N-dealkylation sites (N-methyl/N-ethyl adjacent to an activating group) is 1. The van der Waals surface area contributed by atoms with Gasteiger partial charge in [-0.3, -0.25) is 10.1 Å². The van der Waals surface area contributed by atoms with Crippen LogP contribution in [0.2, 0.25) is 0 Å². The maximum Gasteiger partial charge on any atom is 0.240 e. The first-order valence-corrected chi connectivity index (χ1v) is 8.71. The lowest BCUT2D eigenvalue weighted by molar-refractivity contribution is -0.117. The molecule has 6 nitrogen and oxygen atoms in total. The first kappa shape index (κ1) is 16.6. The predicted octanol–water partition coefficient (Wildman–Crippen LogP) is 2.32. The van der Waals surface area contributed by atoms with Gasteiger partial charge in [0.25, 0.3) is 0 Å². The van der Waals surface area contributed by atoms with Crippen LogP contribution in [-0.2, 0) is 17.8 Å². The van der Waals surface area contributed by atoms with Crippen molar-refractivity contribution in [1.82, 2.24) is 20.1 Å². The molecule has 24 heavy (non-hydrogen) atoms. The van der Waals surface area contributed by atoms with E-state index in [1.807, 2.05) is 44.2 Å². The lowest BCUT2D eigenvalue weighted by atomic mass is 10.1. The summed E-state index contributed by atoms with van der Waals surface area (Å²) in [6.07, 6.45) is 3.35. The van der Waals surface area contributed by atoms with Gasteiger partial charge >= 0.3 is 0 Å². The number of nitrogens with one attached hydrogen (secondary N) is 1. The van der Waals surface area contributed by atoms with Crippen LogP contribution >= 0.6 is 0 Å². The number of hydrogen-bond acceptors (Lipinski definition) is 4. The van der Waals surface area contributed by atoms with Crippen molar-refractivity contribution in [3.05, 3.63) is 42.0 Å². The lowest BCUT2D eigenvalue weighted by Gasteiger charge is -2.23. The molecule has 1 aliphatic heterocycles. The molecular weight excluding hydrogens is 302 g/mol. The number of aryl methyl sites for hydroxylation is 1. The minimum absolute atomic E-state index is 0.00257. The number of fused-ring (bicyclic) bond motifs is 1. The SMILES string of the molecule is CCN(C(=O)CNC(C)c1nnc2n1CCCC2)c1ccccc1. The molecule has 0 radical (unpaired) electrons. The molecule has 2 aromatic rings. The average Bonchev–Trinajstić information content (AvgIpc) is 3.05. The van der Waals surface area contributed by atoms with Gasteiger partial charge in [-0.15, -0.1) is 10.2 Å². The average molecular weight is 327 g/mol. The Balaban J connectivity index is 1.62. The number of rotatable bonds is 6. The fourth-order valence-electron chi connectivity index (χ4n) is 3.19. The number of carbonyl (C=O) groups is 1. The van der Waals surface area contributed by atoms with E-state index in [1.54, 1.807) is 4.90 Å². The first-order valence-electron chi connectivity index (χ1n) is 8.71. The van der Waals surface area contributed by atoms with Crippen molar-refractivity contribution in [1.29, 1.82) is 0 Å². The molecule has 2 heterocycles. The number of amides is 1. The van der Waals surface area contributed by atoms with E-state index < -0.39 is 0 Å². The summed E-state index contributed by atoms with van der Waals surface area (Å²) in [7, 11) is 0. The number of aromatic nitrogens is 3. The van der Waals surface area contributed by atoms with Crippen molar-refractivity contribution >= 4 is 11.6 Å². The monoisotopic (exact) mass is 327 g/mol. The molecule has 0 saturated heterocycles. The molecular formula is C18H25N5O. The third kappa shape index (κ3) is 3.48. The van der Waals surface area contributed by atoms with E-state index >= 15 is 0 Å². The zero-order valence-corrected chi connectivity index (χ0v) is 14.4. The van der Waals surface area contributed by atoms with Crippen molar-refractivity contribution in [2.75, 3.05) is 18.0 Å². The van der Waals surface area contributed by atoms with Gasteiger partial charge in [0.2, 0.25) is 5.91 Å². The van der Waals surface area contributed by atoms with Gasteiger partial charge < -0.3 is 9.47 Å². The molecule has 1 unspecified atom stereocenters. The van der Waals surface area contributed by atoms with Gasteiger partial charge in [0.1, 0.15) is 11.6 Å². The Labute approximate surface area is 142 Å². The summed E-state index contributed by atoms with van der Waals surface area (Å²) in [5, 5.41) is 11.9. The highest BCUT2D eigenvalue weighted by molar-refractivity contribution is 5.94. The summed E-state index contributed by atoms with van der Waals surface area (Å²) in [6, 6.07) is 9.77. The number of anilines is 1. The van der Waals surface area contributed by atoms with Gasteiger partial charge in [-0.05, 0) is 38.8 Å². The Morgan fingerprint density at radius 3 is 2.83 bits per heavy atom. The first-order chi connectivity index (χ1) is 11.7. The third-order valence-corrected chi connectivity index (χ3v) is 4.52. The zero-order valence-electron chi connectivity index (χ0n) is 14.4. The summed E-state index contributed by atoms with van der Waals surface area (Å²) < 4.78 is 2.19. The van der Waals surface area contributed by atoms with Gasteiger partial charge in [0.15, 0.2) is 0 Å². The van der Waals surface area contributed by atoms with Crippen molar-refractivity contribution in [2.24, 2.45) is 0 Å². The van der Waals surface area contributed by atoms with E-state index in [2.05, 4.69) is 20.1 Å². The number of carbonyl (C=O) groups excluding carboxylic acids is 1. The van der Waals surface area contributed by atoms with E-state index in [1.165, 1.54) is 12.8 Å². The van der Waals surface area contributed by atoms with Gasteiger partial charge in [-0.1, -0.05) is 18.2 Å². The predicted molar refractivity (Wildman–Crippen MR) is 93.8 cm³/mol. The number of benzene rings is 1. The maximum absolute atomic E-state index is 12.6. The Morgan fingerprint density at radius 1 is 1.29 bits per heavy atom. The van der Waals surface area contributed by atoms with Crippen LogP contribution in [0.1, 0.15) is 44.4 Å². The van der Waals surface area contributed by atoms with Crippen LogP contribution < -0.4 is 10.2 Å². The summed E-state index contributed by atoms with van der Waals surface area (Å²) in [4.78, 5) is 14.3. The molecule has 1 aromatic carbocycles. The summed E-state index contributed by atoms with van der Waals surface area (Å²) in [6.45, 7) is 5.94. The topological polar surface area (TPSA) is 63.1 Å². The zero-order chi connectivity index (χ0) is 16.9. The quantitative estimate of drug-likeness (QED) is 0.884. The largest absolute Gasteiger partial charge is 0.314 e. The second-order valence-corrected chi connectivity index (χ2v) is 6.16. The molecule has 1 atom stereocenters. The number of nitrogens with zero attached hydrogens (tertiary/aromatic N) is 4. The fourth-order valence-corrected chi connectivity index (χ4v) is 3.19. The van der Waals surface area contributed by atoms with Crippen molar-refractivity contribution in [3.8, 4) is 0 Å². The van der Waals surface area contributed by atoms with Crippen LogP contribution in [0.5, 0.6) is 0 Å². The molecule has 1 aromatic heterocycles. The van der Waals surface area contributed by atoms with E-state index in [0.29, 0.717) is 6.54 Å².